The van der Waals surface area contributed by atoms with Gasteiger partial charge in [-0.3, -0.25) is 4.99 Å². The van der Waals surface area contributed by atoms with Crippen LogP contribution in [-0.2, 0) is 8.85 Å². The summed E-state index contributed by atoms with van der Waals surface area (Å²) in [6, 6.07) is 9.49. The smallest absolute Gasteiger partial charge is 0.335 e. The minimum absolute atomic E-state index is 0.758. The number of hydrogen-bond donors (Lipinski definition) is 1. The summed E-state index contributed by atoms with van der Waals surface area (Å²) in [6.45, 7) is 6.37. The molecular formula is C16H26N2O2SSi. The first-order chi connectivity index (χ1) is 10.7. The van der Waals surface area contributed by atoms with Crippen LogP contribution >= 0.6 is 11.8 Å². The zero-order valence-corrected chi connectivity index (χ0v) is 15.3. The second kappa shape index (κ2) is 9.47. The van der Waals surface area contributed by atoms with Crippen LogP contribution < -0.4 is 5.32 Å². The van der Waals surface area contributed by atoms with Crippen molar-refractivity contribution in [2.45, 2.75) is 23.9 Å². The van der Waals surface area contributed by atoms with Crippen LogP contribution in [0.2, 0.25) is 12.6 Å². The Morgan fingerprint density at radius 3 is 2.55 bits per heavy atom. The highest BCUT2D eigenvalue weighted by Gasteiger charge is 2.31. The Hall–Kier alpha value is -0.663. The molecule has 1 aliphatic heterocycles. The Labute approximate surface area is 138 Å². The van der Waals surface area contributed by atoms with E-state index in [0.717, 1.165) is 50.9 Å². The van der Waals surface area contributed by atoms with E-state index in [-0.39, 0.29) is 0 Å². The Morgan fingerprint density at radius 2 is 1.91 bits per heavy atom. The Balaban J connectivity index is 1.71. The third kappa shape index (κ3) is 6.22. The zero-order valence-electron chi connectivity index (χ0n) is 13.5. The fourth-order valence-electron chi connectivity index (χ4n) is 2.34. The van der Waals surface area contributed by atoms with Gasteiger partial charge in [0.05, 0.1) is 0 Å². The fraction of sp³-hybridized carbons (Fsp3) is 0.562. The van der Waals surface area contributed by atoms with Crippen LogP contribution in [0.3, 0.4) is 0 Å². The van der Waals surface area contributed by atoms with Crippen LogP contribution in [0, 0.1) is 0 Å². The molecule has 0 atom stereocenters. The number of nitrogens with zero attached hydrogens (tertiary/aromatic N) is 1. The molecule has 1 fully saturated rings. The third-order valence-electron chi connectivity index (χ3n) is 3.65. The van der Waals surface area contributed by atoms with Gasteiger partial charge in [0.1, 0.15) is 0 Å². The van der Waals surface area contributed by atoms with Crippen LogP contribution in [0.1, 0.15) is 12.0 Å². The first-order valence-electron chi connectivity index (χ1n) is 7.84. The third-order valence-corrected chi connectivity index (χ3v) is 7.28. The molecule has 0 aromatic heterocycles. The lowest BCUT2D eigenvalue weighted by Crippen LogP contribution is -2.45. The molecule has 122 valence electrons. The van der Waals surface area contributed by atoms with E-state index in [1.807, 2.05) is 6.21 Å². The summed E-state index contributed by atoms with van der Waals surface area (Å²) >= 11 is 1.76. The largest absolute Gasteiger partial charge is 0.393 e. The molecule has 2 rings (SSSR count). The molecule has 1 aliphatic rings. The average Bonchev–Trinajstić information content (AvgIpc) is 2.52. The van der Waals surface area contributed by atoms with Gasteiger partial charge >= 0.3 is 8.56 Å². The molecule has 6 heteroatoms. The van der Waals surface area contributed by atoms with Crippen molar-refractivity contribution in [1.82, 2.24) is 5.32 Å². The summed E-state index contributed by atoms with van der Waals surface area (Å²) in [7, 11) is -1.98. The Morgan fingerprint density at radius 1 is 1.23 bits per heavy atom. The van der Waals surface area contributed by atoms with E-state index in [1.54, 1.807) is 11.8 Å². The maximum atomic E-state index is 5.96. The molecule has 0 radical (unpaired) electrons. The predicted octanol–water partition coefficient (Wildman–Crippen LogP) is 2.93. The summed E-state index contributed by atoms with van der Waals surface area (Å²) in [5.41, 5.74) is 1.16. The van der Waals surface area contributed by atoms with Gasteiger partial charge in [0.2, 0.25) is 0 Å². The summed E-state index contributed by atoms with van der Waals surface area (Å²) in [5.74, 6) is 0. The van der Waals surface area contributed by atoms with Crippen molar-refractivity contribution >= 4 is 26.5 Å². The Kier molecular flexibility index (Phi) is 7.61. The lowest BCUT2D eigenvalue weighted by Gasteiger charge is -2.29. The van der Waals surface area contributed by atoms with Crippen molar-refractivity contribution in [3.63, 3.8) is 0 Å². The summed E-state index contributed by atoms with van der Waals surface area (Å²) in [5, 5.41) is 3.27. The van der Waals surface area contributed by atoms with Gasteiger partial charge in [-0.1, -0.05) is 12.1 Å². The molecule has 0 aliphatic carbocycles. The molecule has 22 heavy (non-hydrogen) atoms. The minimum Gasteiger partial charge on any atom is -0.393 e. The van der Waals surface area contributed by atoms with Gasteiger partial charge in [0, 0.05) is 44.0 Å². The molecule has 1 N–H and O–H groups in total. The molecule has 1 aromatic rings. The monoisotopic (exact) mass is 338 g/mol. The van der Waals surface area contributed by atoms with Gasteiger partial charge in [-0.25, -0.2) is 0 Å². The van der Waals surface area contributed by atoms with Crippen molar-refractivity contribution in [2.24, 2.45) is 4.99 Å². The van der Waals surface area contributed by atoms with Crippen LogP contribution in [0.25, 0.3) is 0 Å². The number of rotatable bonds is 6. The highest BCUT2D eigenvalue weighted by molar-refractivity contribution is 7.98. The number of benzene rings is 1. The summed E-state index contributed by atoms with van der Waals surface area (Å²) < 4.78 is 11.9. The molecule has 0 saturated carbocycles. The van der Waals surface area contributed by atoms with Gasteiger partial charge in [0.15, 0.2) is 0 Å². The van der Waals surface area contributed by atoms with Crippen LogP contribution in [0.4, 0.5) is 0 Å². The van der Waals surface area contributed by atoms with Crippen molar-refractivity contribution in [1.29, 1.82) is 0 Å². The number of thioether (sulfide) groups is 1. The van der Waals surface area contributed by atoms with E-state index in [4.69, 9.17) is 8.85 Å². The predicted molar refractivity (Wildman–Crippen MR) is 96.5 cm³/mol. The van der Waals surface area contributed by atoms with E-state index in [1.165, 1.54) is 4.90 Å². The highest BCUT2D eigenvalue weighted by Crippen LogP contribution is 2.17. The van der Waals surface area contributed by atoms with E-state index in [9.17, 15) is 0 Å². The van der Waals surface area contributed by atoms with Gasteiger partial charge < -0.3 is 14.2 Å². The molecule has 0 amide bonds. The maximum absolute atomic E-state index is 5.96. The van der Waals surface area contributed by atoms with E-state index >= 15 is 0 Å². The van der Waals surface area contributed by atoms with Crippen molar-refractivity contribution < 1.29 is 8.85 Å². The van der Waals surface area contributed by atoms with Gasteiger partial charge in [-0.2, -0.15) is 0 Å². The highest BCUT2D eigenvalue weighted by atomic mass is 32.2. The first-order valence-corrected chi connectivity index (χ1v) is 11.6. The summed E-state index contributed by atoms with van der Waals surface area (Å²) in [6.07, 6.45) is 5.07. The van der Waals surface area contributed by atoms with E-state index in [0.29, 0.717) is 0 Å². The van der Waals surface area contributed by atoms with Crippen LogP contribution in [-0.4, -0.2) is 53.9 Å². The van der Waals surface area contributed by atoms with Crippen LogP contribution in [0.15, 0.2) is 34.2 Å². The van der Waals surface area contributed by atoms with Crippen LogP contribution in [0.5, 0.6) is 0 Å². The van der Waals surface area contributed by atoms with Crippen molar-refractivity contribution in [3.8, 4) is 0 Å². The molecule has 4 nitrogen and oxygen atoms in total. The molecule has 1 aromatic carbocycles. The molecule has 1 heterocycles. The quantitative estimate of drug-likeness (QED) is 0.375. The lowest BCUT2D eigenvalue weighted by atomic mass is 10.2. The number of aliphatic imine (C=N–C) groups is 1. The van der Waals surface area contributed by atoms with E-state index < -0.39 is 8.56 Å². The molecular weight excluding hydrogens is 312 g/mol. The van der Waals surface area contributed by atoms with Crippen molar-refractivity contribution in [2.75, 3.05) is 39.1 Å². The molecule has 1 saturated heterocycles. The normalized spacial score (nSPS) is 19.0. The van der Waals surface area contributed by atoms with Gasteiger partial charge in [-0.15, -0.1) is 11.8 Å². The fourth-order valence-corrected chi connectivity index (χ4v) is 4.99. The SMILES string of the molecule is CSc1ccc(C=NCCC[Si]2(C)OCCNCCO2)cc1. The van der Waals surface area contributed by atoms with E-state index in [2.05, 4.69) is 47.4 Å². The Bertz CT molecular complexity index is 460. The standard InChI is InChI=1S/C16H26N2O2SSi/c1-21-16-6-4-15(5-7-16)14-18-8-3-13-22(2)19-11-9-17-10-12-20-22/h4-7,14,17H,3,8-13H2,1-2H3. The maximum Gasteiger partial charge on any atom is 0.335 e. The number of nitrogens with one attached hydrogen (secondary N) is 1. The average molecular weight is 339 g/mol. The second-order valence-electron chi connectivity index (χ2n) is 5.49. The second-order valence-corrected chi connectivity index (χ2v) is 9.72. The molecule has 0 unspecified atom stereocenters. The topological polar surface area (TPSA) is 42.8 Å². The van der Waals surface area contributed by atoms with Gasteiger partial charge in [-0.05, 0) is 43.0 Å². The minimum atomic E-state index is -1.98. The number of hydrogen-bond acceptors (Lipinski definition) is 5. The lowest BCUT2D eigenvalue weighted by molar-refractivity contribution is 0.155. The van der Waals surface area contributed by atoms with Gasteiger partial charge in [0.25, 0.3) is 0 Å². The molecule has 0 bridgehead atoms. The zero-order chi connectivity index (χ0) is 15.7. The van der Waals surface area contributed by atoms with Crippen molar-refractivity contribution in [3.05, 3.63) is 29.8 Å². The summed E-state index contributed by atoms with van der Waals surface area (Å²) in [4.78, 5) is 5.80. The molecule has 0 spiro atoms. The first kappa shape index (κ1) is 17.7.